The predicted octanol–water partition coefficient (Wildman–Crippen LogP) is 1.73. The van der Waals surface area contributed by atoms with Crippen molar-refractivity contribution < 1.29 is 9.90 Å². The van der Waals surface area contributed by atoms with Crippen LogP contribution in [0.15, 0.2) is 12.4 Å². The maximum Gasteiger partial charge on any atom is 0.323 e. The van der Waals surface area contributed by atoms with Gasteiger partial charge in [0, 0.05) is 24.8 Å². The lowest BCUT2D eigenvalue weighted by atomic mass is 9.99. The fraction of sp³-hybridized carbons (Fsp3) is 0.692. The van der Waals surface area contributed by atoms with Gasteiger partial charge in [-0.2, -0.15) is 5.10 Å². The summed E-state index contributed by atoms with van der Waals surface area (Å²) < 4.78 is 1.92. The number of rotatable bonds is 5. The fourth-order valence-corrected chi connectivity index (χ4v) is 2.57. The molecule has 1 aliphatic heterocycles. The van der Waals surface area contributed by atoms with Crippen molar-refractivity contribution in [3.8, 4) is 0 Å². The maximum atomic E-state index is 11.4. The van der Waals surface area contributed by atoms with Crippen LogP contribution < -0.4 is 0 Å². The van der Waals surface area contributed by atoms with E-state index < -0.39 is 11.5 Å². The number of likely N-dealkylation sites (tertiary alicyclic amines) is 1. The average molecular weight is 251 g/mol. The third kappa shape index (κ3) is 2.41. The van der Waals surface area contributed by atoms with Crippen molar-refractivity contribution in [3.05, 3.63) is 18.0 Å². The van der Waals surface area contributed by atoms with Crippen LogP contribution >= 0.6 is 0 Å². The Kier molecular flexibility index (Phi) is 3.71. The summed E-state index contributed by atoms with van der Waals surface area (Å²) in [5.74, 6) is -0.721. The van der Waals surface area contributed by atoms with Crippen molar-refractivity contribution in [2.45, 2.75) is 51.7 Å². The number of hydrogen-bond acceptors (Lipinski definition) is 3. The Bertz CT molecular complexity index is 430. The molecule has 1 saturated heterocycles. The molecule has 0 spiro atoms. The van der Waals surface area contributed by atoms with E-state index in [0.29, 0.717) is 6.54 Å². The van der Waals surface area contributed by atoms with Crippen molar-refractivity contribution in [3.63, 3.8) is 0 Å². The lowest BCUT2D eigenvalue weighted by molar-refractivity contribution is -0.148. The molecule has 0 radical (unpaired) electrons. The Hall–Kier alpha value is -1.36. The van der Waals surface area contributed by atoms with Crippen LogP contribution in [-0.2, 0) is 17.9 Å². The monoisotopic (exact) mass is 251 g/mol. The first-order chi connectivity index (χ1) is 8.56. The van der Waals surface area contributed by atoms with Crippen LogP contribution in [0.2, 0.25) is 0 Å². The molecule has 0 aromatic carbocycles. The number of carbonyl (C=O) groups is 1. The summed E-state index contributed by atoms with van der Waals surface area (Å²) in [6.07, 6.45) is 6.59. The molecule has 1 unspecified atom stereocenters. The summed E-state index contributed by atoms with van der Waals surface area (Å²) in [6.45, 7) is 6.37. The summed E-state index contributed by atoms with van der Waals surface area (Å²) in [7, 11) is 0. The lowest BCUT2D eigenvalue weighted by Gasteiger charge is -2.30. The van der Waals surface area contributed by atoms with Gasteiger partial charge in [0.1, 0.15) is 5.54 Å². The van der Waals surface area contributed by atoms with Gasteiger partial charge in [-0.25, -0.2) is 0 Å². The molecule has 0 saturated carbocycles. The van der Waals surface area contributed by atoms with Gasteiger partial charge >= 0.3 is 5.97 Å². The first-order valence-electron chi connectivity index (χ1n) is 6.56. The van der Waals surface area contributed by atoms with E-state index in [1.54, 1.807) is 0 Å². The number of hydrogen-bond donors (Lipinski definition) is 1. The second kappa shape index (κ2) is 5.10. The molecule has 0 amide bonds. The highest BCUT2D eigenvalue weighted by molar-refractivity contribution is 5.78. The van der Waals surface area contributed by atoms with E-state index in [2.05, 4.69) is 12.0 Å². The highest BCUT2D eigenvalue weighted by atomic mass is 16.4. The van der Waals surface area contributed by atoms with Crippen LogP contribution in [-0.4, -0.2) is 37.8 Å². The van der Waals surface area contributed by atoms with Gasteiger partial charge in [-0.1, -0.05) is 6.92 Å². The van der Waals surface area contributed by atoms with Crippen LogP contribution in [0.1, 0.15) is 38.7 Å². The highest BCUT2D eigenvalue weighted by Crippen LogP contribution is 2.30. The third-order valence-corrected chi connectivity index (χ3v) is 3.76. The minimum absolute atomic E-state index is 0.673. The van der Waals surface area contributed by atoms with Crippen LogP contribution in [0, 0.1) is 0 Å². The van der Waals surface area contributed by atoms with Crippen LogP contribution in [0.3, 0.4) is 0 Å². The lowest BCUT2D eigenvalue weighted by Crippen LogP contribution is -2.47. The van der Waals surface area contributed by atoms with E-state index in [9.17, 15) is 9.90 Å². The molecule has 1 aromatic rings. The van der Waals surface area contributed by atoms with Crippen LogP contribution in [0.4, 0.5) is 0 Å². The molecule has 1 aliphatic rings. The molecule has 2 rings (SSSR count). The van der Waals surface area contributed by atoms with Crippen molar-refractivity contribution in [1.29, 1.82) is 0 Å². The molecular formula is C13H21N3O2. The largest absolute Gasteiger partial charge is 0.480 e. The smallest absolute Gasteiger partial charge is 0.323 e. The first kappa shape index (κ1) is 13.1. The topological polar surface area (TPSA) is 58.4 Å². The molecule has 5 heteroatoms. The quantitative estimate of drug-likeness (QED) is 0.866. The zero-order chi connectivity index (χ0) is 13.2. The van der Waals surface area contributed by atoms with Crippen LogP contribution in [0.25, 0.3) is 0 Å². The molecule has 18 heavy (non-hydrogen) atoms. The van der Waals surface area contributed by atoms with Crippen molar-refractivity contribution in [1.82, 2.24) is 14.7 Å². The van der Waals surface area contributed by atoms with Gasteiger partial charge in [-0.3, -0.25) is 14.4 Å². The second-order valence-electron chi connectivity index (χ2n) is 5.22. The van der Waals surface area contributed by atoms with Gasteiger partial charge in [-0.15, -0.1) is 0 Å². The Morgan fingerprint density at radius 3 is 3.06 bits per heavy atom. The molecule has 1 fully saturated rings. The summed E-state index contributed by atoms with van der Waals surface area (Å²) in [5, 5.41) is 13.6. The third-order valence-electron chi connectivity index (χ3n) is 3.76. The Morgan fingerprint density at radius 1 is 1.61 bits per heavy atom. The number of aromatic nitrogens is 2. The number of aryl methyl sites for hydroxylation is 1. The van der Waals surface area contributed by atoms with E-state index in [1.807, 2.05) is 28.9 Å². The first-order valence-corrected chi connectivity index (χ1v) is 6.56. The second-order valence-corrected chi connectivity index (χ2v) is 5.22. The van der Waals surface area contributed by atoms with Gasteiger partial charge in [0.2, 0.25) is 0 Å². The molecule has 0 aliphatic carbocycles. The fourth-order valence-electron chi connectivity index (χ4n) is 2.57. The summed E-state index contributed by atoms with van der Waals surface area (Å²) in [5.41, 5.74) is 0.380. The predicted molar refractivity (Wildman–Crippen MR) is 68.2 cm³/mol. The van der Waals surface area contributed by atoms with Gasteiger partial charge in [0.25, 0.3) is 0 Å². The summed E-state index contributed by atoms with van der Waals surface area (Å²) in [4.78, 5) is 13.4. The molecule has 5 nitrogen and oxygen atoms in total. The zero-order valence-electron chi connectivity index (χ0n) is 11.1. The molecule has 100 valence electrons. The number of nitrogens with zero attached hydrogens (tertiary/aromatic N) is 3. The van der Waals surface area contributed by atoms with Gasteiger partial charge < -0.3 is 5.11 Å². The van der Waals surface area contributed by atoms with Crippen molar-refractivity contribution in [2.75, 3.05) is 6.54 Å². The van der Waals surface area contributed by atoms with E-state index >= 15 is 0 Å². The van der Waals surface area contributed by atoms with Crippen LogP contribution in [0.5, 0.6) is 0 Å². The van der Waals surface area contributed by atoms with E-state index in [4.69, 9.17) is 0 Å². The van der Waals surface area contributed by atoms with E-state index in [1.165, 1.54) is 0 Å². The minimum atomic E-state index is -0.721. The molecule has 1 N–H and O–H groups in total. The Labute approximate surface area is 107 Å². The van der Waals surface area contributed by atoms with Crippen molar-refractivity contribution >= 4 is 5.97 Å². The maximum absolute atomic E-state index is 11.4. The van der Waals surface area contributed by atoms with Crippen molar-refractivity contribution in [2.24, 2.45) is 0 Å². The van der Waals surface area contributed by atoms with E-state index in [0.717, 1.165) is 37.9 Å². The van der Waals surface area contributed by atoms with Gasteiger partial charge in [-0.05, 0) is 32.7 Å². The molecule has 1 aromatic heterocycles. The minimum Gasteiger partial charge on any atom is -0.480 e. The normalized spacial score (nSPS) is 24.6. The SMILES string of the molecule is CCCn1cc(CN2CCCC2(C)C(=O)O)cn1. The number of carboxylic acids is 1. The molecule has 0 bridgehead atoms. The Balaban J connectivity index is 2.06. The number of carboxylic acid groups (broad SMARTS) is 1. The zero-order valence-corrected chi connectivity index (χ0v) is 11.1. The standard InChI is InChI=1S/C13H21N3O2/c1-3-6-16-10-11(8-14-16)9-15-7-4-5-13(15,2)12(17)18/h8,10H,3-7,9H2,1-2H3,(H,17,18). The number of aliphatic carboxylic acids is 1. The molecule has 1 atom stereocenters. The molecular weight excluding hydrogens is 230 g/mol. The van der Waals surface area contributed by atoms with E-state index in [-0.39, 0.29) is 0 Å². The summed E-state index contributed by atoms with van der Waals surface area (Å²) >= 11 is 0. The Morgan fingerprint density at radius 2 is 2.39 bits per heavy atom. The summed E-state index contributed by atoms with van der Waals surface area (Å²) in [6, 6.07) is 0. The molecule has 2 heterocycles. The average Bonchev–Trinajstić information content (AvgIpc) is 2.89. The highest BCUT2D eigenvalue weighted by Gasteiger charge is 2.43. The van der Waals surface area contributed by atoms with Gasteiger partial charge in [0.05, 0.1) is 6.20 Å². The van der Waals surface area contributed by atoms with Gasteiger partial charge in [0.15, 0.2) is 0 Å².